The van der Waals surface area contributed by atoms with Gasteiger partial charge in [-0.15, -0.1) is 0 Å². The summed E-state index contributed by atoms with van der Waals surface area (Å²) in [5.74, 6) is 0.730. The van der Waals surface area contributed by atoms with Crippen molar-refractivity contribution in [3.05, 3.63) is 52.1 Å². The van der Waals surface area contributed by atoms with Gasteiger partial charge < -0.3 is 15.5 Å². The Balaban J connectivity index is 1.78. The zero-order chi connectivity index (χ0) is 22.0. The normalized spacial score (nSPS) is 17.5. The number of allylic oxidation sites excluding steroid dienone is 2. The van der Waals surface area contributed by atoms with E-state index in [1.807, 2.05) is 25.5 Å². The number of urea groups is 1. The molecule has 1 aliphatic rings. The predicted octanol–water partition coefficient (Wildman–Crippen LogP) is 5.78. The van der Waals surface area contributed by atoms with Gasteiger partial charge in [-0.05, 0) is 51.3 Å². The van der Waals surface area contributed by atoms with Crippen LogP contribution in [0.5, 0.6) is 0 Å². The van der Waals surface area contributed by atoms with Gasteiger partial charge in [-0.25, -0.2) is 9.18 Å². The standard InChI is InChI=1S/C22H29ClFN5O/c1-6-13(3)19(7-2)26-21-15(5)20-12-28(14(4)11-29(20)27-21)22(30)25-16-8-9-18(24)17(23)10-16/h7-10,13-14H,6,11-12H2,1-5H3,(H,25,30)(H,26,27)/b19-7+. The molecule has 2 atom stereocenters. The van der Waals surface area contributed by atoms with Gasteiger partial charge >= 0.3 is 6.03 Å². The van der Waals surface area contributed by atoms with Gasteiger partial charge in [0.25, 0.3) is 0 Å². The Labute approximate surface area is 182 Å². The molecule has 2 heterocycles. The number of carbonyl (C=O) groups is 1. The van der Waals surface area contributed by atoms with E-state index in [2.05, 4.69) is 30.6 Å². The highest BCUT2D eigenvalue weighted by atomic mass is 35.5. The number of nitrogens with zero attached hydrogens (tertiary/aromatic N) is 3. The maximum atomic E-state index is 13.4. The maximum Gasteiger partial charge on any atom is 0.322 e. The number of aromatic nitrogens is 2. The smallest absolute Gasteiger partial charge is 0.322 e. The number of nitrogens with one attached hydrogen (secondary N) is 2. The summed E-state index contributed by atoms with van der Waals surface area (Å²) in [4.78, 5) is 14.6. The molecule has 30 heavy (non-hydrogen) atoms. The van der Waals surface area contributed by atoms with Crippen LogP contribution in [0.4, 0.5) is 20.7 Å². The van der Waals surface area contributed by atoms with Gasteiger partial charge in [0.1, 0.15) is 5.82 Å². The Morgan fingerprint density at radius 3 is 2.80 bits per heavy atom. The van der Waals surface area contributed by atoms with Crippen LogP contribution in [0.3, 0.4) is 0 Å². The lowest BCUT2D eigenvalue weighted by atomic mass is 10.0. The van der Waals surface area contributed by atoms with Crippen LogP contribution in [0.15, 0.2) is 30.0 Å². The number of halogens is 2. The lowest BCUT2D eigenvalue weighted by molar-refractivity contribution is 0.161. The summed E-state index contributed by atoms with van der Waals surface area (Å²) in [7, 11) is 0. The van der Waals surface area contributed by atoms with Crippen molar-refractivity contribution in [2.45, 2.75) is 60.2 Å². The van der Waals surface area contributed by atoms with Crippen molar-refractivity contribution in [1.29, 1.82) is 0 Å². The third kappa shape index (κ3) is 4.46. The van der Waals surface area contributed by atoms with Crippen LogP contribution in [0.25, 0.3) is 0 Å². The van der Waals surface area contributed by atoms with E-state index in [0.717, 1.165) is 29.2 Å². The van der Waals surface area contributed by atoms with E-state index >= 15 is 0 Å². The number of rotatable bonds is 5. The molecule has 2 aromatic rings. The molecule has 0 spiro atoms. The number of carbonyl (C=O) groups excluding carboxylic acids is 1. The highest BCUT2D eigenvalue weighted by Crippen LogP contribution is 2.28. The number of anilines is 2. The summed E-state index contributed by atoms with van der Waals surface area (Å²) < 4.78 is 15.4. The molecule has 162 valence electrons. The summed E-state index contributed by atoms with van der Waals surface area (Å²) in [6, 6.07) is 3.86. The van der Waals surface area contributed by atoms with E-state index in [9.17, 15) is 9.18 Å². The van der Waals surface area contributed by atoms with Gasteiger partial charge in [0.05, 0.1) is 29.8 Å². The molecule has 0 saturated carbocycles. The second-order valence-corrected chi connectivity index (χ2v) is 8.22. The molecule has 0 fully saturated rings. The molecular formula is C22H29ClFN5O. The van der Waals surface area contributed by atoms with Crippen molar-refractivity contribution in [3.8, 4) is 0 Å². The lowest BCUT2D eigenvalue weighted by Crippen LogP contribution is -2.47. The largest absolute Gasteiger partial charge is 0.342 e. The third-order valence-electron chi connectivity index (χ3n) is 5.76. The Bertz CT molecular complexity index is 971. The molecule has 0 saturated heterocycles. The van der Waals surface area contributed by atoms with Gasteiger partial charge in [0.2, 0.25) is 0 Å². The quantitative estimate of drug-likeness (QED) is 0.628. The topological polar surface area (TPSA) is 62.2 Å². The minimum atomic E-state index is -0.515. The van der Waals surface area contributed by atoms with Crippen LogP contribution in [-0.2, 0) is 13.1 Å². The van der Waals surface area contributed by atoms with Crippen molar-refractivity contribution in [2.75, 3.05) is 10.6 Å². The van der Waals surface area contributed by atoms with Gasteiger partial charge in [-0.1, -0.05) is 31.5 Å². The molecule has 8 heteroatoms. The lowest BCUT2D eigenvalue weighted by Gasteiger charge is -2.34. The van der Waals surface area contributed by atoms with Crippen LogP contribution in [0, 0.1) is 18.7 Å². The van der Waals surface area contributed by atoms with Crippen LogP contribution in [0.2, 0.25) is 5.02 Å². The molecular weight excluding hydrogens is 405 g/mol. The van der Waals surface area contributed by atoms with Crippen molar-refractivity contribution >= 4 is 29.1 Å². The first-order valence-electron chi connectivity index (χ1n) is 10.3. The predicted molar refractivity (Wildman–Crippen MR) is 119 cm³/mol. The third-order valence-corrected chi connectivity index (χ3v) is 6.05. The van der Waals surface area contributed by atoms with Crippen molar-refractivity contribution in [1.82, 2.24) is 14.7 Å². The molecule has 1 aromatic heterocycles. The fourth-order valence-corrected chi connectivity index (χ4v) is 3.78. The van der Waals surface area contributed by atoms with E-state index in [0.29, 0.717) is 24.7 Å². The number of hydrogen-bond donors (Lipinski definition) is 2. The van der Waals surface area contributed by atoms with Gasteiger partial charge in [-0.3, -0.25) is 4.68 Å². The van der Waals surface area contributed by atoms with Gasteiger partial charge in [0, 0.05) is 16.9 Å². The van der Waals surface area contributed by atoms with Crippen molar-refractivity contribution in [3.63, 3.8) is 0 Å². The monoisotopic (exact) mass is 433 g/mol. The zero-order valence-electron chi connectivity index (χ0n) is 18.1. The van der Waals surface area contributed by atoms with E-state index in [1.165, 1.54) is 18.2 Å². The number of fused-ring (bicyclic) bond motifs is 1. The Morgan fingerprint density at radius 2 is 2.17 bits per heavy atom. The highest BCUT2D eigenvalue weighted by Gasteiger charge is 2.30. The van der Waals surface area contributed by atoms with Gasteiger partial charge in [-0.2, -0.15) is 5.10 Å². The summed E-state index contributed by atoms with van der Waals surface area (Å²) in [6.45, 7) is 11.4. The molecule has 6 nitrogen and oxygen atoms in total. The SMILES string of the molecule is C/C=C(/Nc1nn2c(c1C)CN(C(=O)Nc1ccc(F)c(Cl)c1)C(C)C2)C(C)CC. The van der Waals surface area contributed by atoms with E-state index in [4.69, 9.17) is 16.7 Å². The second kappa shape index (κ2) is 9.08. The van der Waals surface area contributed by atoms with E-state index in [-0.39, 0.29) is 17.1 Å². The summed E-state index contributed by atoms with van der Waals surface area (Å²) in [6.07, 6.45) is 3.12. The maximum absolute atomic E-state index is 13.4. The molecule has 2 N–H and O–H groups in total. The number of hydrogen-bond acceptors (Lipinski definition) is 3. The molecule has 2 unspecified atom stereocenters. The summed E-state index contributed by atoms with van der Waals surface area (Å²) in [5.41, 5.74) is 3.64. The van der Waals surface area contributed by atoms with Crippen LogP contribution in [0.1, 0.15) is 45.4 Å². The van der Waals surface area contributed by atoms with Gasteiger partial charge in [0.15, 0.2) is 5.82 Å². The van der Waals surface area contributed by atoms with Crippen LogP contribution >= 0.6 is 11.6 Å². The van der Waals surface area contributed by atoms with Crippen molar-refractivity contribution < 1.29 is 9.18 Å². The Kier molecular flexibility index (Phi) is 6.71. The highest BCUT2D eigenvalue weighted by molar-refractivity contribution is 6.31. The first kappa shape index (κ1) is 22.2. The second-order valence-electron chi connectivity index (χ2n) is 7.82. The molecule has 1 aliphatic heterocycles. The summed E-state index contributed by atoms with van der Waals surface area (Å²) >= 11 is 5.83. The van der Waals surface area contributed by atoms with E-state index in [1.54, 1.807) is 4.90 Å². The first-order valence-corrected chi connectivity index (χ1v) is 10.6. The molecule has 1 aromatic carbocycles. The molecule has 0 radical (unpaired) electrons. The minimum Gasteiger partial charge on any atom is -0.342 e. The Hall–Kier alpha value is -2.54. The van der Waals surface area contributed by atoms with Crippen LogP contribution < -0.4 is 10.6 Å². The van der Waals surface area contributed by atoms with Crippen molar-refractivity contribution in [2.24, 2.45) is 5.92 Å². The van der Waals surface area contributed by atoms with E-state index < -0.39 is 5.82 Å². The average Bonchev–Trinajstić information content (AvgIpc) is 3.01. The summed E-state index contributed by atoms with van der Waals surface area (Å²) in [5, 5.41) is 11.0. The minimum absolute atomic E-state index is 0.0229. The first-order chi connectivity index (χ1) is 14.2. The molecule has 2 amide bonds. The zero-order valence-corrected chi connectivity index (χ0v) is 18.8. The molecule has 0 aliphatic carbocycles. The molecule has 3 rings (SSSR count). The number of benzene rings is 1. The average molecular weight is 434 g/mol. The fourth-order valence-electron chi connectivity index (χ4n) is 3.60. The molecule has 0 bridgehead atoms. The Morgan fingerprint density at radius 1 is 1.43 bits per heavy atom. The van der Waals surface area contributed by atoms with Crippen LogP contribution in [-0.4, -0.2) is 26.8 Å². The fraction of sp³-hybridized carbons (Fsp3) is 0.455. The number of amides is 2.